The molecular weight excluding hydrogens is 246 g/mol. The average Bonchev–Trinajstić information content (AvgIpc) is 2.49. The second kappa shape index (κ2) is 6.20. The summed E-state index contributed by atoms with van der Waals surface area (Å²) >= 11 is 0. The van der Waals surface area contributed by atoms with Crippen LogP contribution < -0.4 is 4.90 Å². The number of rotatable bonds is 5. The van der Waals surface area contributed by atoms with Gasteiger partial charge in [-0.2, -0.15) is 0 Å². The van der Waals surface area contributed by atoms with Crippen molar-refractivity contribution in [3.05, 3.63) is 77.9 Å². The van der Waals surface area contributed by atoms with Crippen molar-refractivity contribution in [2.45, 2.75) is 5.92 Å². The zero-order chi connectivity index (χ0) is 14.5. The Morgan fingerprint density at radius 2 is 1.55 bits per heavy atom. The molecule has 0 radical (unpaired) electrons. The number of carbonyl (C=O) groups excluding carboxylic acids is 1. The molecule has 0 aliphatic carbocycles. The van der Waals surface area contributed by atoms with E-state index in [4.69, 9.17) is 0 Å². The van der Waals surface area contributed by atoms with Gasteiger partial charge in [0, 0.05) is 25.7 Å². The molecule has 2 aromatic carbocycles. The molecule has 0 saturated carbocycles. The fourth-order valence-corrected chi connectivity index (χ4v) is 2.30. The van der Waals surface area contributed by atoms with Crippen LogP contribution in [0.5, 0.6) is 0 Å². The number of allylic oxidation sites excluding steroid dienone is 1. The summed E-state index contributed by atoms with van der Waals surface area (Å²) in [6.45, 7) is 3.91. The number of carbonyl (C=O) groups is 1. The molecular formula is C18H19NO. The third-order valence-electron chi connectivity index (χ3n) is 3.40. The Kier molecular flexibility index (Phi) is 4.36. The van der Waals surface area contributed by atoms with E-state index >= 15 is 0 Å². The number of hydrogen-bond acceptors (Lipinski definition) is 2. The molecule has 0 aliphatic rings. The van der Waals surface area contributed by atoms with E-state index in [-0.39, 0.29) is 5.92 Å². The maximum atomic E-state index is 11.2. The molecule has 0 aliphatic heterocycles. The van der Waals surface area contributed by atoms with Crippen molar-refractivity contribution >= 4 is 12.0 Å². The highest BCUT2D eigenvalue weighted by molar-refractivity contribution is 5.76. The molecule has 0 N–H and O–H groups in total. The van der Waals surface area contributed by atoms with E-state index < -0.39 is 0 Å². The Balaban J connectivity index is 2.42. The molecule has 0 aromatic heterocycles. The van der Waals surface area contributed by atoms with E-state index in [1.807, 2.05) is 44.4 Å². The van der Waals surface area contributed by atoms with Gasteiger partial charge >= 0.3 is 0 Å². The molecule has 102 valence electrons. The lowest BCUT2D eigenvalue weighted by Crippen LogP contribution is -2.09. The summed E-state index contributed by atoms with van der Waals surface area (Å²) in [6, 6.07) is 18.2. The molecule has 0 heterocycles. The van der Waals surface area contributed by atoms with Gasteiger partial charge in [-0.15, -0.1) is 0 Å². The number of anilines is 1. The van der Waals surface area contributed by atoms with Crippen LogP contribution in [-0.2, 0) is 4.79 Å². The normalized spacial score (nSPS) is 11.7. The lowest BCUT2D eigenvalue weighted by atomic mass is 9.86. The Bertz CT molecular complexity index is 585. The van der Waals surface area contributed by atoms with Crippen LogP contribution in [0.25, 0.3) is 0 Å². The predicted octanol–water partition coefficient (Wildman–Crippen LogP) is 3.64. The van der Waals surface area contributed by atoms with Gasteiger partial charge in [0.1, 0.15) is 6.29 Å². The fraction of sp³-hybridized carbons (Fsp3) is 0.167. The molecule has 0 unspecified atom stereocenters. The van der Waals surface area contributed by atoms with Gasteiger partial charge in [-0.05, 0) is 28.8 Å². The predicted molar refractivity (Wildman–Crippen MR) is 84.3 cm³/mol. The second-order valence-electron chi connectivity index (χ2n) is 5.02. The van der Waals surface area contributed by atoms with Gasteiger partial charge in [0.2, 0.25) is 0 Å². The first-order valence-electron chi connectivity index (χ1n) is 6.59. The molecule has 0 saturated heterocycles. The first kappa shape index (κ1) is 14.1. The number of benzene rings is 2. The van der Waals surface area contributed by atoms with Gasteiger partial charge in [-0.3, -0.25) is 4.79 Å². The van der Waals surface area contributed by atoms with Crippen molar-refractivity contribution in [2.75, 3.05) is 19.0 Å². The van der Waals surface area contributed by atoms with E-state index in [2.05, 4.69) is 35.7 Å². The van der Waals surface area contributed by atoms with Crippen LogP contribution in [-0.4, -0.2) is 20.4 Å². The molecule has 2 aromatic rings. The minimum absolute atomic E-state index is 0.0788. The lowest BCUT2D eigenvalue weighted by Gasteiger charge is -2.19. The summed E-state index contributed by atoms with van der Waals surface area (Å²) in [5.74, 6) is -0.0788. The van der Waals surface area contributed by atoms with Crippen LogP contribution in [0.3, 0.4) is 0 Å². The minimum Gasteiger partial charge on any atom is -0.378 e. The summed E-state index contributed by atoms with van der Waals surface area (Å²) in [6.07, 6.45) is 0.845. The van der Waals surface area contributed by atoms with Gasteiger partial charge < -0.3 is 4.90 Å². The summed E-state index contributed by atoms with van der Waals surface area (Å²) < 4.78 is 0. The number of nitrogens with zero attached hydrogens (tertiary/aromatic N) is 1. The van der Waals surface area contributed by atoms with E-state index in [1.54, 1.807) is 0 Å². The third kappa shape index (κ3) is 2.97. The van der Waals surface area contributed by atoms with Crippen LogP contribution in [0.15, 0.2) is 66.7 Å². The zero-order valence-corrected chi connectivity index (χ0v) is 11.9. The lowest BCUT2D eigenvalue weighted by molar-refractivity contribution is -0.105. The summed E-state index contributed by atoms with van der Waals surface area (Å²) in [4.78, 5) is 13.2. The number of hydrogen-bond donors (Lipinski definition) is 0. The van der Waals surface area contributed by atoms with Crippen LogP contribution >= 0.6 is 0 Å². The van der Waals surface area contributed by atoms with E-state index in [0.717, 1.165) is 23.1 Å². The van der Waals surface area contributed by atoms with E-state index in [0.29, 0.717) is 5.57 Å². The molecule has 1 atom stereocenters. The van der Waals surface area contributed by atoms with Crippen LogP contribution in [0, 0.1) is 0 Å². The Hall–Kier alpha value is -2.35. The highest BCUT2D eigenvalue weighted by atomic mass is 16.1. The maximum absolute atomic E-state index is 11.2. The van der Waals surface area contributed by atoms with Crippen molar-refractivity contribution in [2.24, 2.45) is 0 Å². The standard InChI is InChI=1S/C18H19NO/c1-14(13-20)18(15-7-5-4-6-8-15)16-9-11-17(12-10-16)19(2)3/h4-13,18H,1H2,2-3H3/t18-/m1/s1. The van der Waals surface area contributed by atoms with Crippen LogP contribution in [0.1, 0.15) is 17.0 Å². The molecule has 2 nitrogen and oxygen atoms in total. The Morgan fingerprint density at radius 1 is 1.00 bits per heavy atom. The highest BCUT2D eigenvalue weighted by Gasteiger charge is 2.17. The monoisotopic (exact) mass is 265 g/mol. The van der Waals surface area contributed by atoms with Gasteiger partial charge in [0.05, 0.1) is 0 Å². The van der Waals surface area contributed by atoms with Crippen molar-refractivity contribution in [3.63, 3.8) is 0 Å². The van der Waals surface area contributed by atoms with Crippen molar-refractivity contribution in [1.82, 2.24) is 0 Å². The maximum Gasteiger partial charge on any atom is 0.146 e. The fourth-order valence-electron chi connectivity index (χ4n) is 2.30. The minimum atomic E-state index is -0.0788. The summed E-state index contributed by atoms with van der Waals surface area (Å²) in [7, 11) is 4.02. The third-order valence-corrected chi connectivity index (χ3v) is 3.40. The topological polar surface area (TPSA) is 20.3 Å². The molecule has 0 bridgehead atoms. The van der Waals surface area contributed by atoms with Gasteiger partial charge in [-0.1, -0.05) is 49.0 Å². The van der Waals surface area contributed by atoms with Gasteiger partial charge in [-0.25, -0.2) is 0 Å². The van der Waals surface area contributed by atoms with Crippen molar-refractivity contribution in [3.8, 4) is 0 Å². The average molecular weight is 265 g/mol. The molecule has 2 rings (SSSR count). The molecule has 20 heavy (non-hydrogen) atoms. The van der Waals surface area contributed by atoms with Crippen LogP contribution in [0.4, 0.5) is 5.69 Å². The quantitative estimate of drug-likeness (QED) is 0.607. The Labute approximate surface area is 120 Å². The smallest absolute Gasteiger partial charge is 0.146 e. The van der Waals surface area contributed by atoms with Crippen molar-refractivity contribution in [1.29, 1.82) is 0 Å². The first-order valence-corrected chi connectivity index (χ1v) is 6.59. The molecule has 0 amide bonds. The molecule has 0 fully saturated rings. The largest absolute Gasteiger partial charge is 0.378 e. The van der Waals surface area contributed by atoms with E-state index in [9.17, 15) is 4.79 Å². The zero-order valence-electron chi connectivity index (χ0n) is 11.9. The van der Waals surface area contributed by atoms with E-state index in [1.165, 1.54) is 0 Å². The van der Waals surface area contributed by atoms with Crippen LogP contribution in [0.2, 0.25) is 0 Å². The summed E-state index contributed by atoms with van der Waals surface area (Å²) in [5.41, 5.74) is 3.88. The van der Waals surface area contributed by atoms with Gasteiger partial charge in [0.25, 0.3) is 0 Å². The summed E-state index contributed by atoms with van der Waals surface area (Å²) in [5, 5.41) is 0. The van der Waals surface area contributed by atoms with Crippen molar-refractivity contribution < 1.29 is 4.79 Å². The number of aldehydes is 1. The highest BCUT2D eigenvalue weighted by Crippen LogP contribution is 2.30. The SMILES string of the molecule is C=C(C=O)[C@H](c1ccccc1)c1ccc(N(C)C)cc1. The Morgan fingerprint density at radius 3 is 2.05 bits per heavy atom. The second-order valence-corrected chi connectivity index (χ2v) is 5.02. The first-order chi connectivity index (χ1) is 9.63. The molecule has 0 spiro atoms. The molecule has 2 heteroatoms. The van der Waals surface area contributed by atoms with Gasteiger partial charge in [0.15, 0.2) is 0 Å².